The van der Waals surface area contributed by atoms with Gasteiger partial charge in [-0.3, -0.25) is 14.5 Å². The highest BCUT2D eigenvalue weighted by Gasteiger charge is 2.41. The van der Waals surface area contributed by atoms with E-state index in [4.69, 9.17) is 0 Å². The van der Waals surface area contributed by atoms with Gasteiger partial charge in [0.2, 0.25) is 5.91 Å². The van der Waals surface area contributed by atoms with Gasteiger partial charge in [-0.25, -0.2) is 0 Å². The molecule has 1 fully saturated rings. The lowest BCUT2D eigenvalue weighted by Gasteiger charge is -2.40. The summed E-state index contributed by atoms with van der Waals surface area (Å²) in [4.78, 5) is 24.6. The number of nitrogens with one attached hydrogen (secondary N) is 1. The van der Waals surface area contributed by atoms with Crippen LogP contribution >= 0.6 is 0 Å². The summed E-state index contributed by atoms with van der Waals surface area (Å²) in [6.45, 7) is 7.18. The van der Waals surface area contributed by atoms with Gasteiger partial charge in [0.1, 0.15) is 5.54 Å². The molecule has 2 N–H and O–H groups in total. The summed E-state index contributed by atoms with van der Waals surface area (Å²) in [6.07, 6.45) is 1.42. The molecule has 0 spiro atoms. The van der Waals surface area contributed by atoms with Crippen molar-refractivity contribution in [3.63, 3.8) is 0 Å². The maximum Gasteiger partial charge on any atom is 0.323 e. The fraction of sp³-hybridized carbons (Fsp3) is 0.833. The number of rotatable bonds is 5. The molecule has 5 heteroatoms. The maximum absolute atomic E-state index is 11.5. The molecule has 1 unspecified atom stereocenters. The molecular weight excluding hydrogens is 220 g/mol. The van der Waals surface area contributed by atoms with Crippen molar-refractivity contribution in [3.05, 3.63) is 0 Å². The van der Waals surface area contributed by atoms with Gasteiger partial charge in [-0.05, 0) is 25.7 Å². The van der Waals surface area contributed by atoms with Crippen molar-refractivity contribution in [2.75, 3.05) is 19.6 Å². The summed E-state index contributed by atoms with van der Waals surface area (Å²) in [7, 11) is 0. The zero-order valence-corrected chi connectivity index (χ0v) is 10.8. The second kappa shape index (κ2) is 5.49. The van der Waals surface area contributed by atoms with Gasteiger partial charge in [0, 0.05) is 13.1 Å². The Morgan fingerprint density at radius 3 is 2.71 bits per heavy atom. The predicted octanol–water partition coefficient (Wildman–Crippen LogP) is 0.698. The van der Waals surface area contributed by atoms with E-state index >= 15 is 0 Å². The molecule has 0 aromatic heterocycles. The van der Waals surface area contributed by atoms with Crippen LogP contribution in [0.4, 0.5) is 0 Å². The highest BCUT2D eigenvalue weighted by Crippen LogP contribution is 2.24. The van der Waals surface area contributed by atoms with E-state index in [1.54, 1.807) is 11.8 Å². The number of piperazine rings is 1. The van der Waals surface area contributed by atoms with Crippen LogP contribution < -0.4 is 5.32 Å². The minimum atomic E-state index is -0.929. The normalized spacial score (nSPS) is 21.1. The number of hydrogen-bond acceptors (Lipinski definition) is 3. The standard InChI is InChI=1S/C12H22N2O3/c1-9(2)4-5-12(3,11(16)17)14-7-6-13-10(15)8-14/h9H,4-8H2,1-3H3,(H,13,15)(H,16,17). The smallest absolute Gasteiger partial charge is 0.323 e. The number of carboxylic acids is 1. The molecule has 98 valence electrons. The lowest BCUT2D eigenvalue weighted by atomic mass is 9.89. The van der Waals surface area contributed by atoms with Crippen molar-refractivity contribution in [3.8, 4) is 0 Å². The minimum absolute atomic E-state index is 0.0896. The van der Waals surface area contributed by atoms with Gasteiger partial charge in [-0.15, -0.1) is 0 Å². The van der Waals surface area contributed by atoms with Crippen molar-refractivity contribution in [2.45, 2.75) is 39.2 Å². The monoisotopic (exact) mass is 242 g/mol. The number of nitrogens with zero attached hydrogens (tertiary/aromatic N) is 1. The van der Waals surface area contributed by atoms with Crippen molar-refractivity contribution in [2.24, 2.45) is 5.92 Å². The average molecular weight is 242 g/mol. The first kappa shape index (κ1) is 14.0. The van der Waals surface area contributed by atoms with Crippen LogP contribution in [0.2, 0.25) is 0 Å². The number of amides is 1. The Kier molecular flexibility index (Phi) is 4.51. The molecule has 0 aromatic carbocycles. The van der Waals surface area contributed by atoms with Gasteiger partial charge >= 0.3 is 5.97 Å². The number of carboxylic acid groups (broad SMARTS) is 1. The number of aliphatic carboxylic acids is 1. The van der Waals surface area contributed by atoms with Gasteiger partial charge in [-0.2, -0.15) is 0 Å². The lowest BCUT2D eigenvalue weighted by molar-refractivity contribution is -0.153. The molecule has 0 saturated carbocycles. The molecule has 0 aliphatic carbocycles. The topological polar surface area (TPSA) is 69.6 Å². The van der Waals surface area contributed by atoms with E-state index in [0.717, 1.165) is 6.42 Å². The van der Waals surface area contributed by atoms with Crippen LogP contribution in [0.5, 0.6) is 0 Å². The summed E-state index contributed by atoms with van der Waals surface area (Å²) in [6, 6.07) is 0. The van der Waals surface area contributed by atoms with Gasteiger partial charge in [-0.1, -0.05) is 13.8 Å². The molecule has 1 aliphatic rings. The van der Waals surface area contributed by atoms with Crippen molar-refractivity contribution in [1.29, 1.82) is 0 Å². The Labute approximate surface area is 102 Å². The zero-order chi connectivity index (χ0) is 13.1. The Morgan fingerprint density at radius 1 is 1.59 bits per heavy atom. The van der Waals surface area contributed by atoms with Crippen LogP contribution in [-0.4, -0.2) is 47.1 Å². The Balaban J connectivity index is 2.75. The van der Waals surface area contributed by atoms with Gasteiger partial charge in [0.15, 0.2) is 0 Å². The molecule has 17 heavy (non-hydrogen) atoms. The van der Waals surface area contributed by atoms with E-state index in [0.29, 0.717) is 25.4 Å². The summed E-state index contributed by atoms with van der Waals surface area (Å²) < 4.78 is 0. The van der Waals surface area contributed by atoms with Crippen molar-refractivity contribution >= 4 is 11.9 Å². The Bertz CT molecular complexity index is 304. The fourth-order valence-corrected chi connectivity index (χ4v) is 2.03. The van der Waals surface area contributed by atoms with E-state index in [-0.39, 0.29) is 12.5 Å². The van der Waals surface area contributed by atoms with Gasteiger partial charge in [0.25, 0.3) is 0 Å². The molecule has 0 aromatic rings. The van der Waals surface area contributed by atoms with E-state index in [1.807, 2.05) is 0 Å². The second-order valence-corrected chi connectivity index (χ2v) is 5.28. The summed E-state index contributed by atoms with van der Waals surface area (Å²) in [5.74, 6) is -0.464. The highest BCUT2D eigenvalue weighted by molar-refractivity contribution is 5.82. The number of carbonyl (C=O) groups is 2. The Morgan fingerprint density at radius 2 is 2.24 bits per heavy atom. The summed E-state index contributed by atoms with van der Waals surface area (Å²) in [5, 5.41) is 12.1. The van der Waals surface area contributed by atoms with Crippen molar-refractivity contribution < 1.29 is 14.7 Å². The van der Waals surface area contributed by atoms with Crippen molar-refractivity contribution in [1.82, 2.24) is 10.2 Å². The molecule has 1 saturated heterocycles. The largest absolute Gasteiger partial charge is 0.480 e. The predicted molar refractivity (Wildman–Crippen MR) is 64.7 cm³/mol. The molecule has 1 aliphatic heterocycles. The maximum atomic E-state index is 11.5. The highest BCUT2D eigenvalue weighted by atomic mass is 16.4. The van der Waals surface area contributed by atoms with E-state index in [2.05, 4.69) is 19.2 Å². The average Bonchev–Trinajstić information content (AvgIpc) is 2.25. The van der Waals surface area contributed by atoms with Crippen LogP contribution in [0.1, 0.15) is 33.6 Å². The minimum Gasteiger partial charge on any atom is -0.480 e. The molecule has 1 heterocycles. The molecule has 0 bridgehead atoms. The third-order valence-electron chi connectivity index (χ3n) is 3.41. The molecule has 0 radical (unpaired) electrons. The van der Waals surface area contributed by atoms with Crippen LogP contribution in [0.3, 0.4) is 0 Å². The van der Waals surface area contributed by atoms with Crippen LogP contribution in [0.25, 0.3) is 0 Å². The van der Waals surface area contributed by atoms with Crippen LogP contribution in [0.15, 0.2) is 0 Å². The molecule has 1 atom stereocenters. The molecule has 1 rings (SSSR count). The lowest BCUT2D eigenvalue weighted by Crippen LogP contribution is -2.60. The first-order chi connectivity index (χ1) is 7.86. The quantitative estimate of drug-likeness (QED) is 0.744. The SMILES string of the molecule is CC(C)CCC(C)(C(=O)O)N1CCNC(=O)C1. The third kappa shape index (κ3) is 3.43. The number of hydrogen-bond donors (Lipinski definition) is 2. The van der Waals surface area contributed by atoms with Gasteiger partial charge in [0.05, 0.1) is 6.54 Å². The summed E-state index contributed by atoms with van der Waals surface area (Å²) in [5.41, 5.74) is -0.929. The van der Waals surface area contributed by atoms with Crippen LogP contribution in [0, 0.1) is 5.92 Å². The Hall–Kier alpha value is -1.10. The molecule has 5 nitrogen and oxygen atoms in total. The first-order valence-corrected chi connectivity index (χ1v) is 6.11. The van der Waals surface area contributed by atoms with Crippen LogP contribution in [-0.2, 0) is 9.59 Å². The third-order valence-corrected chi connectivity index (χ3v) is 3.41. The fourth-order valence-electron chi connectivity index (χ4n) is 2.03. The van der Waals surface area contributed by atoms with Gasteiger partial charge < -0.3 is 10.4 Å². The number of carbonyl (C=O) groups excluding carboxylic acids is 1. The first-order valence-electron chi connectivity index (χ1n) is 6.11. The molecular formula is C12H22N2O3. The van der Waals surface area contributed by atoms with E-state index in [1.165, 1.54) is 0 Å². The second-order valence-electron chi connectivity index (χ2n) is 5.28. The summed E-state index contributed by atoms with van der Waals surface area (Å²) >= 11 is 0. The molecule has 1 amide bonds. The zero-order valence-electron chi connectivity index (χ0n) is 10.8. The van der Waals surface area contributed by atoms with E-state index < -0.39 is 11.5 Å². The van der Waals surface area contributed by atoms with E-state index in [9.17, 15) is 14.7 Å².